The minimum absolute atomic E-state index is 0.0586. The number of rotatable bonds is 13. The second kappa shape index (κ2) is 15.1. The van der Waals surface area contributed by atoms with E-state index >= 15 is 0 Å². The molecule has 0 radical (unpaired) electrons. The van der Waals surface area contributed by atoms with Crippen molar-refractivity contribution in [3.8, 4) is 22.3 Å². The van der Waals surface area contributed by atoms with E-state index in [9.17, 15) is 29.4 Å². The molecule has 0 aromatic heterocycles. The molecule has 0 spiro atoms. The van der Waals surface area contributed by atoms with E-state index in [1.165, 1.54) is 0 Å². The number of hydrogen-bond acceptors (Lipinski definition) is 6. The van der Waals surface area contributed by atoms with Gasteiger partial charge in [-0.25, -0.2) is 0 Å². The van der Waals surface area contributed by atoms with E-state index in [1.807, 2.05) is 97.1 Å². The molecule has 2 atom stereocenters. The number of ether oxygens (including phenoxy) is 2. The Kier molecular flexibility index (Phi) is 10.5. The first kappa shape index (κ1) is 33.3. The zero-order valence-corrected chi connectivity index (χ0v) is 29.0. The number of benzene rings is 4. The zero-order valence-electron chi connectivity index (χ0n) is 25.5. The number of carbonyl (C=O) groups excluding carboxylic acids is 2. The molecule has 4 N–H and O–H groups in total. The standard InChI is InChI=1S/C36H32N2O8Se2/c39-33(40)31(37-35(43)45-17-29-25-13-5-1-9-21(25)22-10-2-6-14-26(22)29)19-47-48-20-32(34(41)42)38-36(44)46-18-30-27-15-7-3-11-23(27)24-12-4-8-16-28(24)30/h1-16,29-32H,17-20H2,(H,37,43)(H,38,44)(H,39,40)(H,41,42)/t31-,32-/m0/s1. The van der Waals surface area contributed by atoms with E-state index in [2.05, 4.69) is 10.6 Å². The third-order valence-electron chi connectivity index (χ3n) is 8.42. The first-order valence-electron chi connectivity index (χ1n) is 15.2. The van der Waals surface area contributed by atoms with E-state index in [-0.39, 0.29) is 62.0 Å². The van der Waals surface area contributed by atoms with Gasteiger partial charge in [0.15, 0.2) is 0 Å². The fourth-order valence-corrected chi connectivity index (χ4v) is 13.1. The van der Waals surface area contributed by atoms with Crippen molar-refractivity contribution in [2.45, 2.75) is 34.6 Å². The number of hydrogen-bond donors (Lipinski definition) is 4. The Bertz CT molecular complexity index is 1630. The quantitative estimate of drug-likeness (QED) is 0.108. The second-order valence-electron chi connectivity index (χ2n) is 11.3. The topological polar surface area (TPSA) is 151 Å². The molecule has 4 aromatic carbocycles. The molecule has 0 fully saturated rings. The summed E-state index contributed by atoms with van der Waals surface area (Å²) in [5, 5.41) is 24.6. The van der Waals surface area contributed by atoms with E-state index in [0.29, 0.717) is 0 Å². The molecule has 0 aliphatic heterocycles. The molecule has 2 amide bonds. The Hall–Kier alpha value is -4.60. The first-order valence-corrected chi connectivity index (χ1v) is 22.0. The van der Waals surface area contributed by atoms with Crippen LogP contribution in [0.5, 0.6) is 0 Å². The van der Waals surface area contributed by atoms with Gasteiger partial charge in [-0.3, -0.25) is 0 Å². The molecule has 12 heteroatoms. The van der Waals surface area contributed by atoms with Crippen LogP contribution in [-0.4, -0.2) is 85.9 Å². The number of carboxylic acids is 2. The molecule has 2 aliphatic carbocycles. The number of nitrogens with one attached hydrogen (secondary N) is 2. The molecule has 246 valence electrons. The molecule has 10 nitrogen and oxygen atoms in total. The van der Waals surface area contributed by atoms with Gasteiger partial charge >= 0.3 is 289 Å². The van der Waals surface area contributed by atoms with Gasteiger partial charge < -0.3 is 0 Å². The third-order valence-corrected chi connectivity index (χ3v) is 15.5. The minimum atomic E-state index is -1.20. The van der Waals surface area contributed by atoms with Crippen molar-refractivity contribution in [1.29, 1.82) is 0 Å². The van der Waals surface area contributed by atoms with Crippen LogP contribution in [0.2, 0.25) is 10.6 Å². The molecule has 2 aliphatic rings. The summed E-state index contributed by atoms with van der Waals surface area (Å²) in [6, 6.07) is 29.3. The van der Waals surface area contributed by atoms with Crippen molar-refractivity contribution < 1.29 is 38.9 Å². The Balaban J connectivity index is 0.957. The van der Waals surface area contributed by atoms with E-state index in [1.54, 1.807) is 0 Å². The van der Waals surface area contributed by atoms with Crippen molar-refractivity contribution in [2.75, 3.05) is 13.2 Å². The number of carboxylic acid groups (broad SMARTS) is 2. The van der Waals surface area contributed by atoms with Gasteiger partial charge in [0.2, 0.25) is 0 Å². The van der Waals surface area contributed by atoms with Gasteiger partial charge in [0, 0.05) is 0 Å². The summed E-state index contributed by atoms with van der Waals surface area (Å²) in [6.45, 7) is 0.117. The molecule has 4 aromatic rings. The summed E-state index contributed by atoms with van der Waals surface area (Å²) in [4.78, 5) is 49.2. The first-order chi connectivity index (χ1) is 23.3. The Morgan fingerprint density at radius 1 is 0.542 bits per heavy atom. The van der Waals surface area contributed by atoms with Crippen molar-refractivity contribution in [1.82, 2.24) is 10.6 Å². The average molecular weight is 779 g/mol. The van der Waals surface area contributed by atoms with Gasteiger partial charge in [-0.15, -0.1) is 0 Å². The van der Waals surface area contributed by atoms with E-state index in [0.717, 1.165) is 44.5 Å². The summed E-state index contributed by atoms with van der Waals surface area (Å²) in [6.07, 6.45) is -1.65. The average Bonchev–Trinajstić information content (AvgIpc) is 3.59. The normalized spacial score (nSPS) is 14.1. The van der Waals surface area contributed by atoms with Crippen LogP contribution in [0.1, 0.15) is 34.1 Å². The molecule has 0 saturated carbocycles. The van der Waals surface area contributed by atoms with Gasteiger partial charge in [0.25, 0.3) is 0 Å². The van der Waals surface area contributed by atoms with Crippen LogP contribution < -0.4 is 10.6 Å². The van der Waals surface area contributed by atoms with Crippen molar-refractivity contribution in [3.63, 3.8) is 0 Å². The molecule has 0 bridgehead atoms. The number of alkyl carbamates (subject to hydrolysis) is 2. The van der Waals surface area contributed by atoms with Gasteiger partial charge in [0.1, 0.15) is 0 Å². The van der Waals surface area contributed by atoms with Crippen molar-refractivity contribution in [3.05, 3.63) is 119 Å². The molecule has 0 unspecified atom stereocenters. The summed E-state index contributed by atoms with van der Waals surface area (Å²) in [5.41, 5.74) is 8.54. The number of amides is 2. The number of aliphatic carboxylic acids is 2. The van der Waals surface area contributed by atoms with Crippen molar-refractivity contribution >= 4 is 50.4 Å². The summed E-state index contributed by atoms with van der Waals surface area (Å²) >= 11 is -0.577. The van der Waals surface area contributed by atoms with Crippen LogP contribution in [0, 0.1) is 0 Å². The van der Waals surface area contributed by atoms with Crippen LogP contribution in [0.3, 0.4) is 0 Å². The zero-order chi connectivity index (χ0) is 33.6. The summed E-state index contributed by atoms with van der Waals surface area (Å²) < 4.78 is 11.0. The molecule has 48 heavy (non-hydrogen) atoms. The van der Waals surface area contributed by atoms with E-state index < -0.39 is 36.2 Å². The van der Waals surface area contributed by atoms with Gasteiger partial charge in [-0.05, 0) is 0 Å². The number of fused-ring (bicyclic) bond motifs is 6. The predicted molar refractivity (Wildman–Crippen MR) is 180 cm³/mol. The van der Waals surface area contributed by atoms with Crippen LogP contribution >= 0.6 is 0 Å². The van der Waals surface area contributed by atoms with Crippen LogP contribution in [0.4, 0.5) is 9.59 Å². The molecule has 0 saturated heterocycles. The van der Waals surface area contributed by atoms with Crippen LogP contribution in [-0.2, 0) is 19.1 Å². The molecular weight excluding hydrogens is 746 g/mol. The Morgan fingerprint density at radius 3 is 1.12 bits per heavy atom. The molecule has 0 heterocycles. The Labute approximate surface area is 288 Å². The maximum absolute atomic E-state index is 12.7. The second-order valence-corrected chi connectivity index (χ2v) is 18.8. The van der Waals surface area contributed by atoms with Crippen LogP contribution in [0.25, 0.3) is 22.3 Å². The summed E-state index contributed by atoms with van der Waals surface area (Å²) in [5.74, 6) is -2.72. The number of carbonyl (C=O) groups is 4. The van der Waals surface area contributed by atoms with Gasteiger partial charge in [-0.1, -0.05) is 0 Å². The monoisotopic (exact) mass is 780 g/mol. The molecular formula is C36H32N2O8Se2. The van der Waals surface area contributed by atoms with Crippen molar-refractivity contribution in [2.24, 2.45) is 0 Å². The SMILES string of the molecule is O=C(N[C@@H](C[Se][Se]C[C@H](NC(=O)OCC1c2ccccc2-c2ccccc21)C(=O)O)C(=O)O)OCC1c2ccccc2-c2ccccc21. The summed E-state index contributed by atoms with van der Waals surface area (Å²) in [7, 11) is 0. The fourth-order valence-electron chi connectivity index (χ4n) is 6.15. The third kappa shape index (κ3) is 7.27. The predicted octanol–water partition coefficient (Wildman–Crippen LogP) is 5.13. The van der Waals surface area contributed by atoms with Crippen LogP contribution in [0.15, 0.2) is 97.1 Å². The molecule has 6 rings (SSSR count). The van der Waals surface area contributed by atoms with Gasteiger partial charge in [-0.2, -0.15) is 0 Å². The fraction of sp³-hybridized carbons (Fsp3) is 0.222. The maximum atomic E-state index is 12.7. The van der Waals surface area contributed by atoms with Gasteiger partial charge in [0.05, 0.1) is 0 Å². The van der Waals surface area contributed by atoms with E-state index in [4.69, 9.17) is 9.47 Å². The Morgan fingerprint density at radius 2 is 0.833 bits per heavy atom.